The second kappa shape index (κ2) is 9.53. The van der Waals surface area contributed by atoms with Gasteiger partial charge in [-0.05, 0) is 43.0 Å². The minimum Gasteiger partial charge on any atom is -0.351 e. The Bertz CT molecular complexity index is 1030. The summed E-state index contributed by atoms with van der Waals surface area (Å²) in [4.78, 5) is 27.5. The van der Waals surface area contributed by atoms with E-state index in [1.807, 2.05) is 22.8 Å². The number of thioether (sulfide) groups is 1. The summed E-state index contributed by atoms with van der Waals surface area (Å²) >= 11 is 1.22. The third-order valence-corrected chi connectivity index (χ3v) is 5.68. The topological polar surface area (TPSA) is 116 Å². The number of imide groups is 1. The van der Waals surface area contributed by atoms with Gasteiger partial charge in [0.05, 0.1) is 10.9 Å². The Balaban J connectivity index is 2.16. The van der Waals surface area contributed by atoms with Crippen LogP contribution in [0, 0.1) is 0 Å². The molecule has 1 aromatic carbocycles. The summed E-state index contributed by atoms with van der Waals surface area (Å²) in [5.74, 6) is 0.160. The van der Waals surface area contributed by atoms with Gasteiger partial charge in [0, 0.05) is 18.0 Å². The Morgan fingerprint density at radius 3 is 2.40 bits per heavy atom. The number of benzene rings is 1. The summed E-state index contributed by atoms with van der Waals surface area (Å²) in [5.41, 5.74) is 9.21. The zero-order valence-electron chi connectivity index (χ0n) is 17.1. The molecule has 1 unspecified atom stereocenters. The van der Waals surface area contributed by atoms with Crippen molar-refractivity contribution < 1.29 is 9.59 Å². The van der Waals surface area contributed by atoms with Crippen LogP contribution in [0.3, 0.4) is 0 Å². The maximum absolute atomic E-state index is 12.2. The summed E-state index contributed by atoms with van der Waals surface area (Å²) < 4.78 is 1.98. The van der Waals surface area contributed by atoms with Gasteiger partial charge in [-0.15, -0.1) is 10.2 Å². The van der Waals surface area contributed by atoms with E-state index in [0.717, 1.165) is 35.2 Å². The summed E-state index contributed by atoms with van der Waals surface area (Å²) in [7, 11) is 0. The van der Waals surface area contributed by atoms with Crippen molar-refractivity contribution in [2.45, 2.75) is 44.0 Å². The van der Waals surface area contributed by atoms with Crippen LogP contribution in [0.1, 0.15) is 31.9 Å². The van der Waals surface area contributed by atoms with Crippen LogP contribution in [0.15, 0.2) is 47.9 Å². The number of rotatable bonds is 7. The molecule has 0 spiro atoms. The Labute approximate surface area is 179 Å². The van der Waals surface area contributed by atoms with Crippen molar-refractivity contribution in [3.63, 3.8) is 0 Å². The van der Waals surface area contributed by atoms with Gasteiger partial charge in [0.15, 0.2) is 11.0 Å². The molecule has 3 rings (SSSR count). The molecule has 2 heterocycles. The molecule has 0 aliphatic carbocycles. The van der Waals surface area contributed by atoms with Crippen LogP contribution in [0.2, 0.25) is 0 Å². The number of primary amides is 1. The van der Waals surface area contributed by atoms with Gasteiger partial charge >= 0.3 is 6.03 Å². The first-order valence-corrected chi connectivity index (χ1v) is 10.6. The zero-order chi connectivity index (χ0) is 21.7. The number of hydrogen-bond donors (Lipinski definition) is 2. The number of para-hydroxylation sites is 1. The molecule has 2 aromatic heterocycles. The number of pyridine rings is 1. The van der Waals surface area contributed by atoms with Crippen molar-refractivity contribution in [3.8, 4) is 17.1 Å². The Morgan fingerprint density at radius 2 is 1.83 bits per heavy atom. The van der Waals surface area contributed by atoms with Gasteiger partial charge < -0.3 is 5.73 Å². The highest BCUT2D eigenvalue weighted by molar-refractivity contribution is 8.00. The lowest BCUT2D eigenvalue weighted by atomic mass is 10.0. The molecule has 0 saturated heterocycles. The highest BCUT2D eigenvalue weighted by atomic mass is 32.2. The fourth-order valence-electron chi connectivity index (χ4n) is 3.17. The van der Waals surface area contributed by atoms with Crippen molar-refractivity contribution >= 4 is 23.7 Å². The summed E-state index contributed by atoms with van der Waals surface area (Å²) in [6.07, 6.45) is 5.09. The minimum atomic E-state index is -0.880. The number of nitrogens with two attached hydrogens (primary N) is 1. The summed E-state index contributed by atoms with van der Waals surface area (Å²) in [6, 6.07) is 9.10. The van der Waals surface area contributed by atoms with E-state index in [9.17, 15) is 9.59 Å². The summed E-state index contributed by atoms with van der Waals surface area (Å²) in [5, 5.41) is 10.9. The molecule has 1 atom stereocenters. The second-order valence-electron chi connectivity index (χ2n) is 6.63. The van der Waals surface area contributed by atoms with Crippen molar-refractivity contribution in [1.82, 2.24) is 25.1 Å². The van der Waals surface area contributed by atoms with Crippen LogP contribution < -0.4 is 11.1 Å². The first kappa shape index (κ1) is 21.5. The number of nitrogens with zero attached hydrogens (tertiary/aromatic N) is 4. The molecule has 8 nitrogen and oxygen atoms in total. The van der Waals surface area contributed by atoms with E-state index >= 15 is 0 Å². The summed E-state index contributed by atoms with van der Waals surface area (Å²) in [6.45, 7) is 5.89. The number of nitrogens with one attached hydrogen (secondary N) is 1. The van der Waals surface area contributed by atoms with Gasteiger partial charge in [-0.1, -0.05) is 43.8 Å². The van der Waals surface area contributed by atoms with Gasteiger partial charge in [-0.25, -0.2) is 4.79 Å². The molecule has 0 aliphatic heterocycles. The fourth-order valence-corrected chi connectivity index (χ4v) is 4.02. The average Bonchev–Trinajstić information content (AvgIpc) is 3.16. The lowest BCUT2D eigenvalue weighted by Gasteiger charge is -2.18. The predicted molar refractivity (Wildman–Crippen MR) is 116 cm³/mol. The van der Waals surface area contributed by atoms with Crippen LogP contribution in [-0.2, 0) is 17.6 Å². The smallest absolute Gasteiger partial charge is 0.318 e. The predicted octanol–water partition coefficient (Wildman–Crippen LogP) is 3.13. The monoisotopic (exact) mass is 424 g/mol. The third-order valence-electron chi connectivity index (χ3n) is 4.64. The van der Waals surface area contributed by atoms with Crippen LogP contribution in [0.4, 0.5) is 4.79 Å². The van der Waals surface area contributed by atoms with E-state index in [1.165, 1.54) is 11.8 Å². The third kappa shape index (κ3) is 4.51. The lowest BCUT2D eigenvalue weighted by molar-refractivity contribution is -0.119. The highest BCUT2D eigenvalue weighted by Crippen LogP contribution is 2.33. The molecule has 30 heavy (non-hydrogen) atoms. The maximum atomic E-state index is 12.2. The van der Waals surface area contributed by atoms with Gasteiger partial charge in [0.1, 0.15) is 0 Å². The normalized spacial score (nSPS) is 11.8. The van der Waals surface area contributed by atoms with Crippen LogP contribution in [0.5, 0.6) is 0 Å². The molecule has 3 aromatic rings. The van der Waals surface area contributed by atoms with E-state index in [-0.39, 0.29) is 0 Å². The number of aromatic nitrogens is 4. The number of urea groups is 1. The fraction of sp³-hybridized carbons (Fsp3) is 0.286. The number of amides is 3. The molecular formula is C21H24N6O2S. The van der Waals surface area contributed by atoms with Gasteiger partial charge in [0.2, 0.25) is 5.91 Å². The standard InChI is InChI=1S/C21H24N6O2S/c1-4-14-8-6-9-15(5-2)17(14)27-18(16-10-7-11-23-12-16)25-26-21(27)30-13(3)19(28)24-20(22)29/h6-13H,4-5H2,1-3H3,(H3,22,24,28,29). The number of hydrogen-bond acceptors (Lipinski definition) is 6. The molecule has 3 amide bonds. The number of carbonyl (C=O) groups excluding carboxylic acids is 2. The molecular weight excluding hydrogens is 400 g/mol. The van der Waals surface area contributed by atoms with E-state index in [2.05, 4.69) is 46.5 Å². The molecule has 9 heteroatoms. The first-order valence-electron chi connectivity index (χ1n) is 9.70. The number of carbonyl (C=O) groups is 2. The van der Waals surface area contributed by atoms with E-state index in [1.54, 1.807) is 19.3 Å². The molecule has 156 valence electrons. The van der Waals surface area contributed by atoms with Crippen LogP contribution in [0.25, 0.3) is 17.1 Å². The zero-order valence-corrected chi connectivity index (χ0v) is 17.9. The average molecular weight is 425 g/mol. The highest BCUT2D eigenvalue weighted by Gasteiger charge is 2.24. The van der Waals surface area contributed by atoms with Crippen LogP contribution in [-0.4, -0.2) is 36.9 Å². The molecule has 0 aliphatic rings. The first-order chi connectivity index (χ1) is 14.5. The lowest BCUT2D eigenvalue weighted by Crippen LogP contribution is -2.39. The van der Waals surface area contributed by atoms with Crippen molar-refractivity contribution in [2.24, 2.45) is 5.73 Å². The maximum Gasteiger partial charge on any atom is 0.318 e. The van der Waals surface area contributed by atoms with E-state index in [0.29, 0.717) is 11.0 Å². The van der Waals surface area contributed by atoms with Crippen molar-refractivity contribution in [3.05, 3.63) is 53.9 Å². The van der Waals surface area contributed by atoms with Gasteiger partial charge in [-0.3, -0.25) is 19.7 Å². The minimum absolute atomic E-state index is 0.482. The van der Waals surface area contributed by atoms with E-state index in [4.69, 9.17) is 5.73 Å². The Morgan fingerprint density at radius 1 is 1.13 bits per heavy atom. The van der Waals surface area contributed by atoms with Gasteiger partial charge in [0.25, 0.3) is 0 Å². The van der Waals surface area contributed by atoms with Crippen molar-refractivity contribution in [2.75, 3.05) is 0 Å². The van der Waals surface area contributed by atoms with Crippen molar-refractivity contribution in [1.29, 1.82) is 0 Å². The van der Waals surface area contributed by atoms with Crippen LogP contribution >= 0.6 is 11.8 Å². The number of aryl methyl sites for hydroxylation is 2. The van der Waals surface area contributed by atoms with E-state index < -0.39 is 17.2 Å². The SMILES string of the molecule is CCc1cccc(CC)c1-n1c(SC(C)C(=O)NC(N)=O)nnc1-c1cccnc1. The molecule has 0 saturated carbocycles. The molecule has 3 N–H and O–H groups in total. The quantitative estimate of drug-likeness (QED) is 0.563. The van der Waals surface area contributed by atoms with Gasteiger partial charge in [-0.2, -0.15) is 0 Å². The largest absolute Gasteiger partial charge is 0.351 e. The Kier molecular flexibility index (Phi) is 6.83. The molecule has 0 radical (unpaired) electrons. The molecule has 0 fully saturated rings. The Hall–Kier alpha value is -3.20. The second-order valence-corrected chi connectivity index (χ2v) is 7.94. The molecule has 0 bridgehead atoms.